The van der Waals surface area contributed by atoms with Crippen LogP contribution in [0.4, 0.5) is 5.69 Å². The first-order valence-corrected chi connectivity index (χ1v) is 10.6. The van der Waals surface area contributed by atoms with Gasteiger partial charge in [0.25, 0.3) is 5.91 Å². The smallest absolute Gasteiger partial charge is 0.255 e. The lowest BCUT2D eigenvalue weighted by atomic mass is 10.2. The summed E-state index contributed by atoms with van der Waals surface area (Å²) in [5.41, 5.74) is 0.526. The Hall–Kier alpha value is -2.33. The Morgan fingerprint density at radius 3 is 2.38 bits per heavy atom. The predicted molar refractivity (Wildman–Crippen MR) is 109 cm³/mol. The zero-order valence-corrected chi connectivity index (χ0v) is 17.5. The van der Waals surface area contributed by atoms with Crippen molar-refractivity contribution >= 4 is 33.2 Å². The highest BCUT2D eigenvalue weighted by molar-refractivity contribution is 7.89. The van der Waals surface area contributed by atoms with Gasteiger partial charge in [-0.2, -0.15) is 4.31 Å². The highest BCUT2D eigenvalue weighted by Crippen LogP contribution is 2.31. The summed E-state index contributed by atoms with van der Waals surface area (Å²) in [5.74, 6) is 0.0810. The van der Waals surface area contributed by atoms with Crippen LogP contribution in [0.3, 0.4) is 0 Å². The average molecular weight is 441 g/mol. The zero-order chi connectivity index (χ0) is 21.0. The molecule has 0 atom stereocenters. The van der Waals surface area contributed by atoms with Crippen molar-refractivity contribution in [2.45, 2.75) is 4.90 Å². The van der Waals surface area contributed by atoms with E-state index >= 15 is 0 Å². The number of halogens is 1. The number of amides is 1. The Bertz CT molecular complexity index is 1010. The molecule has 156 valence electrons. The molecule has 3 rings (SSSR count). The van der Waals surface area contributed by atoms with Crippen molar-refractivity contribution in [2.75, 3.05) is 45.8 Å². The van der Waals surface area contributed by atoms with E-state index in [1.165, 1.54) is 36.7 Å². The molecule has 0 spiro atoms. The molecule has 10 heteroatoms. The number of nitrogens with one attached hydrogen (secondary N) is 1. The van der Waals surface area contributed by atoms with Crippen LogP contribution in [-0.2, 0) is 14.8 Å². The number of nitrogens with zero attached hydrogens (tertiary/aromatic N) is 1. The molecule has 1 aliphatic heterocycles. The molecule has 1 heterocycles. The number of sulfonamides is 1. The summed E-state index contributed by atoms with van der Waals surface area (Å²) in [6.07, 6.45) is 0. The van der Waals surface area contributed by atoms with Crippen LogP contribution in [0, 0.1) is 0 Å². The van der Waals surface area contributed by atoms with Crippen LogP contribution in [0.1, 0.15) is 10.4 Å². The van der Waals surface area contributed by atoms with Crippen LogP contribution in [0.5, 0.6) is 11.5 Å². The monoisotopic (exact) mass is 440 g/mol. The molecule has 0 saturated carbocycles. The third-order valence-corrected chi connectivity index (χ3v) is 6.58. The van der Waals surface area contributed by atoms with Crippen LogP contribution < -0.4 is 14.8 Å². The minimum atomic E-state index is -3.85. The quantitative estimate of drug-likeness (QED) is 0.742. The number of carbonyl (C=O) groups is 1. The van der Waals surface area contributed by atoms with Gasteiger partial charge in [-0.05, 0) is 36.4 Å². The molecule has 8 nitrogen and oxygen atoms in total. The van der Waals surface area contributed by atoms with E-state index in [0.717, 1.165) is 0 Å². The van der Waals surface area contributed by atoms with Crippen LogP contribution in [0.15, 0.2) is 41.3 Å². The number of methoxy groups -OCH3 is 2. The molecule has 2 aromatic carbocycles. The summed E-state index contributed by atoms with van der Waals surface area (Å²) in [7, 11) is -1.000. The van der Waals surface area contributed by atoms with E-state index in [1.54, 1.807) is 18.2 Å². The molecule has 0 aromatic heterocycles. The molecule has 1 aliphatic rings. The fourth-order valence-corrected chi connectivity index (χ4v) is 4.68. The lowest BCUT2D eigenvalue weighted by Crippen LogP contribution is -2.40. The molecule has 1 fully saturated rings. The standard InChI is InChI=1S/C19H21ClN2O6S/c1-26-16-6-4-14(20)12-15(16)21-19(23)13-3-5-17(27-2)18(11-13)29(24,25)22-7-9-28-10-8-22/h3-6,11-12H,7-10H2,1-2H3,(H,21,23). The molecule has 1 N–H and O–H groups in total. The summed E-state index contributed by atoms with van der Waals surface area (Å²) >= 11 is 6.00. The third kappa shape index (κ3) is 4.64. The second-order valence-electron chi connectivity index (χ2n) is 6.18. The van der Waals surface area contributed by atoms with Gasteiger partial charge in [0, 0.05) is 23.7 Å². The summed E-state index contributed by atoms with van der Waals surface area (Å²) in [6, 6.07) is 9.06. The number of ether oxygens (including phenoxy) is 3. The van der Waals surface area contributed by atoms with E-state index in [-0.39, 0.29) is 29.3 Å². The van der Waals surface area contributed by atoms with Gasteiger partial charge < -0.3 is 19.5 Å². The number of morpholine rings is 1. The number of carbonyl (C=O) groups excluding carboxylic acids is 1. The van der Waals surface area contributed by atoms with Gasteiger partial charge in [0.2, 0.25) is 10.0 Å². The van der Waals surface area contributed by atoms with Gasteiger partial charge in [0.1, 0.15) is 16.4 Å². The van der Waals surface area contributed by atoms with E-state index in [2.05, 4.69) is 5.32 Å². The fraction of sp³-hybridized carbons (Fsp3) is 0.316. The van der Waals surface area contributed by atoms with Gasteiger partial charge in [-0.1, -0.05) is 11.6 Å². The van der Waals surface area contributed by atoms with Crippen LogP contribution >= 0.6 is 11.6 Å². The summed E-state index contributed by atoms with van der Waals surface area (Å²) in [4.78, 5) is 12.7. The maximum atomic E-state index is 13.1. The van der Waals surface area contributed by atoms with Gasteiger partial charge in [-0.25, -0.2) is 8.42 Å². The number of hydrogen-bond donors (Lipinski definition) is 1. The van der Waals surface area contributed by atoms with Crippen molar-refractivity contribution in [1.82, 2.24) is 4.31 Å². The number of rotatable bonds is 6. The molecule has 1 amide bonds. The van der Waals surface area contributed by atoms with Crippen molar-refractivity contribution in [3.63, 3.8) is 0 Å². The van der Waals surface area contributed by atoms with Crippen LogP contribution in [-0.4, -0.2) is 59.2 Å². The van der Waals surface area contributed by atoms with Gasteiger partial charge >= 0.3 is 0 Å². The second kappa shape index (κ2) is 9.00. The van der Waals surface area contributed by atoms with E-state index < -0.39 is 15.9 Å². The van der Waals surface area contributed by atoms with Crippen LogP contribution in [0.2, 0.25) is 5.02 Å². The van der Waals surface area contributed by atoms with E-state index in [9.17, 15) is 13.2 Å². The largest absolute Gasteiger partial charge is 0.495 e. The Kier molecular flexibility index (Phi) is 6.63. The first-order valence-electron chi connectivity index (χ1n) is 8.77. The van der Waals surface area contributed by atoms with Crippen LogP contribution in [0.25, 0.3) is 0 Å². The van der Waals surface area contributed by atoms with Crippen molar-refractivity contribution in [2.24, 2.45) is 0 Å². The Morgan fingerprint density at radius 2 is 1.72 bits per heavy atom. The SMILES string of the molecule is COc1ccc(Cl)cc1NC(=O)c1ccc(OC)c(S(=O)(=O)N2CCOCC2)c1. The average Bonchev–Trinajstić information content (AvgIpc) is 2.74. The molecule has 0 bridgehead atoms. The maximum absolute atomic E-state index is 13.1. The molecular weight excluding hydrogens is 420 g/mol. The molecular formula is C19H21ClN2O6S. The fourth-order valence-electron chi connectivity index (χ4n) is 2.92. The summed E-state index contributed by atoms with van der Waals surface area (Å²) < 4.78 is 43.1. The number of hydrogen-bond acceptors (Lipinski definition) is 6. The number of anilines is 1. The molecule has 29 heavy (non-hydrogen) atoms. The van der Waals surface area contributed by atoms with E-state index in [1.807, 2.05) is 0 Å². The first-order chi connectivity index (χ1) is 13.9. The topological polar surface area (TPSA) is 94.2 Å². The van der Waals surface area contributed by atoms with E-state index in [0.29, 0.717) is 29.7 Å². The normalized spacial score (nSPS) is 15.0. The lowest BCUT2D eigenvalue weighted by Gasteiger charge is -2.26. The van der Waals surface area contributed by atoms with Crippen molar-refractivity contribution < 1.29 is 27.4 Å². The van der Waals surface area contributed by atoms with Gasteiger partial charge in [0.15, 0.2) is 0 Å². The minimum absolute atomic E-state index is 0.0763. The highest BCUT2D eigenvalue weighted by atomic mass is 35.5. The second-order valence-corrected chi connectivity index (χ2v) is 8.52. The van der Waals surface area contributed by atoms with Crippen molar-refractivity contribution in [1.29, 1.82) is 0 Å². The number of benzene rings is 2. The van der Waals surface area contributed by atoms with Crippen molar-refractivity contribution in [3.8, 4) is 11.5 Å². The predicted octanol–water partition coefficient (Wildman–Crippen LogP) is 2.63. The molecule has 0 aliphatic carbocycles. The lowest BCUT2D eigenvalue weighted by molar-refractivity contribution is 0.0729. The third-order valence-electron chi connectivity index (χ3n) is 4.42. The Morgan fingerprint density at radius 1 is 1.07 bits per heavy atom. The van der Waals surface area contributed by atoms with Gasteiger partial charge in [-0.15, -0.1) is 0 Å². The Labute approximate surface area is 174 Å². The molecule has 1 saturated heterocycles. The van der Waals surface area contributed by atoms with E-state index in [4.69, 9.17) is 25.8 Å². The van der Waals surface area contributed by atoms with Gasteiger partial charge in [0.05, 0.1) is 33.1 Å². The first kappa shape index (κ1) is 21.4. The minimum Gasteiger partial charge on any atom is -0.495 e. The summed E-state index contributed by atoms with van der Waals surface area (Å²) in [6.45, 7) is 1.11. The Balaban J connectivity index is 1.94. The summed E-state index contributed by atoms with van der Waals surface area (Å²) in [5, 5.41) is 3.12. The maximum Gasteiger partial charge on any atom is 0.255 e. The molecule has 2 aromatic rings. The highest BCUT2D eigenvalue weighted by Gasteiger charge is 2.30. The molecule has 0 unspecified atom stereocenters. The zero-order valence-electron chi connectivity index (χ0n) is 16.0. The molecule has 0 radical (unpaired) electrons. The van der Waals surface area contributed by atoms with Gasteiger partial charge in [-0.3, -0.25) is 4.79 Å². The van der Waals surface area contributed by atoms with Crippen molar-refractivity contribution in [3.05, 3.63) is 47.0 Å².